The largest absolute Gasteiger partial charge is 0.464 e. The van der Waals surface area contributed by atoms with Crippen molar-refractivity contribution in [3.8, 4) is 28.3 Å². The monoisotopic (exact) mass is 443 g/mol. The molecular formula is C30H25N3O. The molecule has 4 aromatic carbocycles. The summed E-state index contributed by atoms with van der Waals surface area (Å²) in [4.78, 5) is 0. The lowest BCUT2D eigenvalue weighted by Gasteiger charge is -2.13. The number of furan rings is 1. The topological polar surface area (TPSA) is 61.0 Å². The van der Waals surface area contributed by atoms with Gasteiger partial charge in [0.15, 0.2) is 0 Å². The first-order chi connectivity index (χ1) is 16.8. The van der Waals surface area contributed by atoms with E-state index < -0.39 is 0 Å². The van der Waals surface area contributed by atoms with Crippen molar-refractivity contribution < 1.29 is 4.42 Å². The minimum Gasteiger partial charge on any atom is -0.464 e. The molecule has 0 aliphatic carbocycles. The summed E-state index contributed by atoms with van der Waals surface area (Å²) in [5, 5.41) is 19.9. The Hall–Kier alpha value is -3.91. The minimum absolute atomic E-state index is 0.500. The molecule has 1 unspecified atom stereocenters. The van der Waals surface area contributed by atoms with Crippen molar-refractivity contribution in [3.63, 3.8) is 0 Å². The molecule has 1 atom stereocenters. The molecule has 4 nitrogen and oxygen atoms in total. The standard InChI is InChI=1S/C30H25N3O/c31-16-20-5-7-22(8-6-20)27-14-29-25(17-33-26-11-12-32-18-26)19-34-30(29)15-28(27)24-10-9-21-3-1-2-4-23(21)13-24/h1-10,13-15,19,26,32-33H,11-12,17-18H2. The second-order valence-corrected chi connectivity index (χ2v) is 8.98. The highest BCUT2D eigenvalue weighted by Crippen LogP contribution is 2.38. The van der Waals surface area contributed by atoms with Crippen LogP contribution in [-0.2, 0) is 6.54 Å². The molecule has 2 heterocycles. The number of hydrogen-bond donors (Lipinski definition) is 2. The SMILES string of the molecule is N#Cc1ccc(-c2cc3c(CNC4CCNC4)coc3cc2-c2ccc3ccccc3c2)cc1. The number of nitrogens with one attached hydrogen (secondary N) is 2. The molecule has 5 aromatic rings. The van der Waals surface area contributed by atoms with Crippen LogP contribution in [0.25, 0.3) is 44.0 Å². The van der Waals surface area contributed by atoms with Crippen molar-refractivity contribution in [2.24, 2.45) is 0 Å². The summed E-state index contributed by atoms with van der Waals surface area (Å²) in [7, 11) is 0. The third-order valence-electron chi connectivity index (χ3n) is 6.82. The molecule has 0 saturated carbocycles. The predicted molar refractivity (Wildman–Crippen MR) is 137 cm³/mol. The van der Waals surface area contributed by atoms with Crippen molar-refractivity contribution >= 4 is 21.7 Å². The van der Waals surface area contributed by atoms with Gasteiger partial charge in [-0.3, -0.25) is 0 Å². The number of nitriles is 1. The normalized spacial score (nSPS) is 15.7. The van der Waals surface area contributed by atoms with E-state index in [1.165, 1.54) is 16.3 Å². The lowest BCUT2D eigenvalue weighted by atomic mass is 9.91. The zero-order chi connectivity index (χ0) is 22.9. The van der Waals surface area contributed by atoms with Crippen LogP contribution >= 0.6 is 0 Å². The quantitative estimate of drug-likeness (QED) is 0.337. The summed E-state index contributed by atoms with van der Waals surface area (Å²) in [6.07, 6.45) is 3.03. The summed E-state index contributed by atoms with van der Waals surface area (Å²) in [6.45, 7) is 2.86. The average Bonchev–Trinajstić information content (AvgIpc) is 3.56. The number of benzene rings is 4. The van der Waals surface area contributed by atoms with Gasteiger partial charge in [-0.05, 0) is 76.3 Å². The lowest BCUT2D eigenvalue weighted by Crippen LogP contribution is -2.30. The molecule has 0 radical (unpaired) electrons. The van der Waals surface area contributed by atoms with E-state index in [1.54, 1.807) is 0 Å². The molecule has 166 valence electrons. The van der Waals surface area contributed by atoms with Crippen LogP contribution in [0.4, 0.5) is 0 Å². The van der Waals surface area contributed by atoms with Crippen molar-refractivity contribution in [1.82, 2.24) is 10.6 Å². The summed E-state index contributed by atoms with van der Waals surface area (Å²) in [6, 6.07) is 30.0. The summed E-state index contributed by atoms with van der Waals surface area (Å²) >= 11 is 0. The molecule has 2 N–H and O–H groups in total. The second kappa shape index (κ2) is 8.79. The molecule has 6 rings (SSSR count). The molecule has 1 fully saturated rings. The summed E-state index contributed by atoms with van der Waals surface area (Å²) in [5.41, 5.74) is 7.21. The molecule has 0 amide bonds. The van der Waals surface area contributed by atoms with Gasteiger partial charge in [-0.2, -0.15) is 5.26 Å². The predicted octanol–water partition coefficient (Wildman–Crippen LogP) is 6.24. The maximum Gasteiger partial charge on any atom is 0.134 e. The molecule has 1 aliphatic rings. The van der Waals surface area contributed by atoms with Gasteiger partial charge in [0, 0.05) is 30.1 Å². The van der Waals surface area contributed by atoms with Crippen LogP contribution in [0.15, 0.2) is 89.5 Å². The van der Waals surface area contributed by atoms with Crippen LogP contribution in [-0.4, -0.2) is 19.1 Å². The van der Waals surface area contributed by atoms with E-state index in [-0.39, 0.29) is 0 Å². The average molecular weight is 444 g/mol. The van der Waals surface area contributed by atoms with E-state index in [4.69, 9.17) is 4.42 Å². The summed E-state index contributed by atoms with van der Waals surface area (Å²) < 4.78 is 6.04. The Labute approximate surface area is 198 Å². The van der Waals surface area contributed by atoms with E-state index in [2.05, 4.69) is 71.3 Å². The molecule has 1 saturated heterocycles. The van der Waals surface area contributed by atoms with Gasteiger partial charge in [0.05, 0.1) is 17.9 Å². The Morgan fingerprint density at radius 3 is 2.50 bits per heavy atom. The van der Waals surface area contributed by atoms with Gasteiger partial charge in [0.25, 0.3) is 0 Å². The first-order valence-corrected chi connectivity index (χ1v) is 11.8. The Kier molecular flexibility index (Phi) is 5.35. The van der Waals surface area contributed by atoms with Gasteiger partial charge in [-0.1, -0.05) is 48.5 Å². The second-order valence-electron chi connectivity index (χ2n) is 8.98. The van der Waals surface area contributed by atoms with Crippen molar-refractivity contribution in [1.29, 1.82) is 5.26 Å². The fourth-order valence-electron chi connectivity index (χ4n) is 4.91. The molecule has 0 bridgehead atoms. The van der Waals surface area contributed by atoms with E-state index >= 15 is 0 Å². The van der Waals surface area contributed by atoms with Gasteiger partial charge in [0.2, 0.25) is 0 Å². The van der Waals surface area contributed by atoms with Gasteiger partial charge >= 0.3 is 0 Å². The molecule has 1 aliphatic heterocycles. The molecule has 4 heteroatoms. The third kappa shape index (κ3) is 3.86. The smallest absolute Gasteiger partial charge is 0.134 e. The van der Waals surface area contributed by atoms with Crippen molar-refractivity contribution in [2.45, 2.75) is 19.0 Å². The molecule has 1 aromatic heterocycles. The van der Waals surface area contributed by atoms with E-state index in [0.29, 0.717) is 11.6 Å². The van der Waals surface area contributed by atoms with Gasteiger partial charge in [-0.25, -0.2) is 0 Å². The maximum absolute atomic E-state index is 9.26. The summed E-state index contributed by atoms with van der Waals surface area (Å²) in [5.74, 6) is 0. The van der Waals surface area contributed by atoms with Gasteiger partial charge < -0.3 is 15.1 Å². The van der Waals surface area contributed by atoms with Crippen LogP contribution in [0.3, 0.4) is 0 Å². The Balaban J connectivity index is 1.48. The number of nitrogens with zero attached hydrogens (tertiary/aromatic N) is 1. The van der Waals surface area contributed by atoms with Crippen LogP contribution in [0.1, 0.15) is 17.5 Å². The van der Waals surface area contributed by atoms with Crippen LogP contribution in [0.2, 0.25) is 0 Å². The first kappa shape index (κ1) is 20.7. The molecular weight excluding hydrogens is 418 g/mol. The van der Waals surface area contributed by atoms with E-state index in [0.717, 1.165) is 59.3 Å². The zero-order valence-corrected chi connectivity index (χ0v) is 18.8. The Bertz CT molecular complexity index is 1520. The van der Waals surface area contributed by atoms with E-state index in [1.807, 2.05) is 30.5 Å². The van der Waals surface area contributed by atoms with Gasteiger partial charge in [-0.15, -0.1) is 0 Å². The van der Waals surface area contributed by atoms with E-state index in [9.17, 15) is 5.26 Å². The maximum atomic E-state index is 9.26. The number of rotatable bonds is 5. The minimum atomic E-state index is 0.500. The van der Waals surface area contributed by atoms with Crippen molar-refractivity contribution in [2.75, 3.05) is 13.1 Å². The lowest BCUT2D eigenvalue weighted by molar-refractivity contribution is 0.541. The highest BCUT2D eigenvalue weighted by Gasteiger charge is 2.17. The molecule has 34 heavy (non-hydrogen) atoms. The van der Waals surface area contributed by atoms with Crippen LogP contribution in [0, 0.1) is 11.3 Å². The van der Waals surface area contributed by atoms with Crippen LogP contribution in [0.5, 0.6) is 0 Å². The Morgan fingerprint density at radius 1 is 0.912 bits per heavy atom. The van der Waals surface area contributed by atoms with Crippen LogP contribution < -0.4 is 10.6 Å². The van der Waals surface area contributed by atoms with Gasteiger partial charge in [0.1, 0.15) is 5.58 Å². The highest BCUT2D eigenvalue weighted by atomic mass is 16.3. The third-order valence-corrected chi connectivity index (χ3v) is 6.82. The zero-order valence-electron chi connectivity index (χ0n) is 18.8. The highest BCUT2D eigenvalue weighted by molar-refractivity contribution is 5.98. The molecule has 0 spiro atoms. The number of fused-ring (bicyclic) bond motifs is 2. The Morgan fingerprint density at radius 2 is 1.71 bits per heavy atom. The number of hydrogen-bond acceptors (Lipinski definition) is 4. The van der Waals surface area contributed by atoms with Crippen molar-refractivity contribution in [3.05, 3.63) is 96.3 Å². The fraction of sp³-hybridized carbons (Fsp3) is 0.167. The first-order valence-electron chi connectivity index (χ1n) is 11.8. The fourth-order valence-corrected chi connectivity index (χ4v) is 4.91.